The maximum atomic E-state index is 12.4. The first-order valence-corrected chi connectivity index (χ1v) is 10.1. The van der Waals surface area contributed by atoms with Crippen molar-refractivity contribution < 1.29 is 9.53 Å². The van der Waals surface area contributed by atoms with Gasteiger partial charge in [0.15, 0.2) is 5.13 Å². The molecule has 1 N–H and O–H groups in total. The Balaban J connectivity index is 1.72. The van der Waals surface area contributed by atoms with Crippen molar-refractivity contribution in [1.29, 1.82) is 5.26 Å². The number of carbonyl (C=O) groups excluding carboxylic acids is 1. The number of ether oxygens (including phenoxy) is 1. The van der Waals surface area contributed by atoms with Gasteiger partial charge in [-0.3, -0.25) is 10.1 Å². The van der Waals surface area contributed by atoms with E-state index in [9.17, 15) is 10.1 Å². The summed E-state index contributed by atoms with van der Waals surface area (Å²) in [7, 11) is 0. The molecule has 0 aliphatic rings. The number of halogens is 1. The molecule has 1 aromatic heterocycles. The summed E-state index contributed by atoms with van der Waals surface area (Å²) in [5, 5.41) is 14.4. The zero-order valence-corrected chi connectivity index (χ0v) is 17.4. The Morgan fingerprint density at radius 3 is 2.61 bits per heavy atom. The van der Waals surface area contributed by atoms with Crippen LogP contribution in [0.25, 0.3) is 17.3 Å². The largest absolute Gasteiger partial charge is 0.494 e. The highest BCUT2D eigenvalue weighted by Gasteiger charge is 2.12. The molecule has 0 bridgehead atoms. The van der Waals surface area contributed by atoms with Crippen molar-refractivity contribution in [2.75, 3.05) is 11.9 Å². The molecular weight excluding hydrogens is 438 g/mol. The summed E-state index contributed by atoms with van der Waals surface area (Å²) < 4.78 is 6.37. The third kappa shape index (κ3) is 5.06. The molecule has 140 valence electrons. The zero-order chi connectivity index (χ0) is 19.9. The summed E-state index contributed by atoms with van der Waals surface area (Å²) in [5.41, 5.74) is 2.46. The van der Waals surface area contributed by atoms with E-state index in [2.05, 4.69) is 26.2 Å². The fourth-order valence-corrected chi connectivity index (χ4v) is 3.37. The van der Waals surface area contributed by atoms with E-state index < -0.39 is 5.91 Å². The molecule has 0 spiro atoms. The molecule has 2 aromatic carbocycles. The number of hydrogen-bond donors (Lipinski definition) is 1. The van der Waals surface area contributed by atoms with Crippen molar-refractivity contribution in [3.8, 4) is 23.1 Å². The molecule has 0 atom stereocenters. The SMILES string of the molecule is CCOc1ccc(/C=C(\C#N)C(=O)Nc2nc(-c3ccc(Br)cc3)cs2)cc1. The lowest BCUT2D eigenvalue weighted by Crippen LogP contribution is -2.13. The second kappa shape index (κ2) is 9.31. The molecule has 0 aliphatic heterocycles. The first-order valence-electron chi connectivity index (χ1n) is 8.46. The minimum atomic E-state index is -0.493. The van der Waals surface area contributed by atoms with Crippen molar-refractivity contribution in [1.82, 2.24) is 4.98 Å². The molecule has 28 heavy (non-hydrogen) atoms. The van der Waals surface area contributed by atoms with Gasteiger partial charge in [-0.2, -0.15) is 5.26 Å². The van der Waals surface area contributed by atoms with Crippen LogP contribution in [0, 0.1) is 11.3 Å². The Bertz CT molecular complexity index is 1030. The maximum Gasteiger partial charge on any atom is 0.268 e. The van der Waals surface area contributed by atoms with Crippen LogP contribution in [0.3, 0.4) is 0 Å². The highest BCUT2D eigenvalue weighted by molar-refractivity contribution is 9.10. The van der Waals surface area contributed by atoms with Crippen LogP contribution < -0.4 is 10.1 Å². The van der Waals surface area contributed by atoms with Gasteiger partial charge in [0.05, 0.1) is 12.3 Å². The lowest BCUT2D eigenvalue weighted by atomic mass is 10.1. The highest BCUT2D eigenvalue weighted by Crippen LogP contribution is 2.26. The highest BCUT2D eigenvalue weighted by atomic mass is 79.9. The van der Waals surface area contributed by atoms with Crippen molar-refractivity contribution in [2.45, 2.75) is 6.92 Å². The van der Waals surface area contributed by atoms with Gasteiger partial charge >= 0.3 is 0 Å². The van der Waals surface area contributed by atoms with Gasteiger partial charge in [-0.05, 0) is 42.8 Å². The summed E-state index contributed by atoms with van der Waals surface area (Å²) in [6, 6.07) is 16.9. The van der Waals surface area contributed by atoms with Crippen LogP contribution in [0.2, 0.25) is 0 Å². The summed E-state index contributed by atoms with van der Waals surface area (Å²) >= 11 is 4.71. The van der Waals surface area contributed by atoms with E-state index in [1.807, 2.05) is 42.6 Å². The molecule has 0 fully saturated rings. The van der Waals surface area contributed by atoms with Gasteiger partial charge in [0, 0.05) is 15.4 Å². The number of nitrogens with one attached hydrogen (secondary N) is 1. The number of nitriles is 1. The molecular formula is C21H16BrN3O2S. The third-order valence-electron chi connectivity index (χ3n) is 3.73. The van der Waals surface area contributed by atoms with Crippen LogP contribution in [0.15, 0.2) is 64.0 Å². The fourth-order valence-electron chi connectivity index (χ4n) is 2.39. The first kappa shape index (κ1) is 19.8. The number of hydrogen-bond acceptors (Lipinski definition) is 5. The lowest BCUT2D eigenvalue weighted by molar-refractivity contribution is -0.112. The monoisotopic (exact) mass is 453 g/mol. The lowest BCUT2D eigenvalue weighted by Gasteiger charge is -2.03. The molecule has 3 aromatic rings. The third-order valence-corrected chi connectivity index (χ3v) is 5.02. The predicted molar refractivity (Wildman–Crippen MR) is 115 cm³/mol. The molecule has 0 radical (unpaired) electrons. The van der Waals surface area contributed by atoms with Crippen molar-refractivity contribution in [2.24, 2.45) is 0 Å². The number of benzene rings is 2. The summed E-state index contributed by atoms with van der Waals surface area (Å²) in [6.45, 7) is 2.49. The van der Waals surface area contributed by atoms with Gasteiger partial charge in [-0.25, -0.2) is 4.98 Å². The summed E-state index contributed by atoms with van der Waals surface area (Å²) in [5.74, 6) is 0.249. The van der Waals surface area contributed by atoms with Gasteiger partial charge < -0.3 is 4.74 Å². The van der Waals surface area contributed by atoms with Crippen LogP contribution in [0.1, 0.15) is 12.5 Å². The van der Waals surface area contributed by atoms with Crippen molar-refractivity contribution in [3.63, 3.8) is 0 Å². The van der Waals surface area contributed by atoms with Gasteiger partial charge in [0.25, 0.3) is 5.91 Å². The average molecular weight is 454 g/mol. The van der Waals surface area contributed by atoms with Gasteiger partial charge in [0.1, 0.15) is 17.4 Å². The number of carbonyl (C=O) groups is 1. The minimum Gasteiger partial charge on any atom is -0.494 e. The average Bonchev–Trinajstić information content (AvgIpc) is 3.16. The predicted octanol–water partition coefficient (Wildman–Crippen LogP) is 5.52. The van der Waals surface area contributed by atoms with Gasteiger partial charge in [0.2, 0.25) is 0 Å². The molecule has 1 heterocycles. The maximum absolute atomic E-state index is 12.4. The second-order valence-corrected chi connectivity index (χ2v) is 7.44. The van der Waals surface area contributed by atoms with E-state index in [0.717, 1.165) is 27.0 Å². The number of aromatic nitrogens is 1. The molecule has 0 aliphatic carbocycles. The number of anilines is 1. The Morgan fingerprint density at radius 1 is 1.25 bits per heavy atom. The molecule has 7 heteroatoms. The summed E-state index contributed by atoms with van der Waals surface area (Å²) in [4.78, 5) is 16.9. The first-order chi connectivity index (χ1) is 13.6. The summed E-state index contributed by atoms with van der Waals surface area (Å²) in [6.07, 6.45) is 1.54. The fraction of sp³-hybridized carbons (Fsp3) is 0.0952. The van der Waals surface area contributed by atoms with Gasteiger partial charge in [-0.1, -0.05) is 40.2 Å². The van der Waals surface area contributed by atoms with Crippen LogP contribution in [-0.2, 0) is 4.79 Å². The van der Waals surface area contributed by atoms with Crippen LogP contribution in [-0.4, -0.2) is 17.5 Å². The Kier molecular flexibility index (Phi) is 6.58. The topological polar surface area (TPSA) is 75.0 Å². The van der Waals surface area contributed by atoms with Crippen LogP contribution >= 0.6 is 27.3 Å². The molecule has 0 saturated carbocycles. The number of thiazole rings is 1. The molecule has 5 nitrogen and oxygen atoms in total. The normalized spacial score (nSPS) is 11.0. The molecule has 3 rings (SSSR count). The van der Waals surface area contributed by atoms with Crippen molar-refractivity contribution in [3.05, 3.63) is 69.5 Å². The van der Waals surface area contributed by atoms with Crippen molar-refractivity contribution >= 4 is 44.4 Å². The van der Waals surface area contributed by atoms with Crippen LogP contribution in [0.5, 0.6) is 5.75 Å². The molecule has 1 amide bonds. The standard InChI is InChI=1S/C21H16BrN3O2S/c1-2-27-18-9-3-14(4-10-18)11-16(12-23)20(26)25-21-24-19(13-28-21)15-5-7-17(22)8-6-15/h3-11,13H,2H2,1H3,(H,24,25,26)/b16-11+. The van der Waals surface area contributed by atoms with E-state index in [-0.39, 0.29) is 5.57 Å². The Morgan fingerprint density at radius 2 is 1.96 bits per heavy atom. The number of amides is 1. The minimum absolute atomic E-state index is 0.00421. The van der Waals surface area contributed by atoms with Crippen LogP contribution in [0.4, 0.5) is 5.13 Å². The van der Waals surface area contributed by atoms with Gasteiger partial charge in [-0.15, -0.1) is 11.3 Å². The Labute approximate surface area is 175 Å². The van der Waals surface area contributed by atoms with E-state index in [1.54, 1.807) is 24.3 Å². The number of rotatable bonds is 6. The Hall–Kier alpha value is -2.95. The molecule has 0 unspecified atom stereocenters. The quantitative estimate of drug-likeness (QED) is 0.393. The van der Waals surface area contributed by atoms with E-state index >= 15 is 0 Å². The van der Waals surface area contributed by atoms with E-state index in [0.29, 0.717) is 11.7 Å². The zero-order valence-electron chi connectivity index (χ0n) is 15.0. The van der Waals surface area contributed by atoms with E-state index in [4.69, 9.17) is 4.74 Å². The smallest absolute Gasteiger partial charge is 0.268 e. The second-order valence-electron chi connectivity index (χ2n) is 5.67. The number of nitrogens with zero attached hydrogens (tertiary/aromatic N) is 2. The molecule has 0 saturated heterocycles. The van der Waals surface area contributed by atoms with E-state index in [1.165, 1.54) is 17.4 Å².